The minimum Gasteiger partial charge on any atom is -0.387 e. The fourth-order valence-electron chi connectivity index (χ4n) is 1.57. The molecule has 1 aromatic rings. The van der Waals surface area contributed by atoms with Gasteiger partial charge in [0.2, 0.25) is 5.91 Å². The molecule has 0 aliphatic rings. The lowest BCUT2D eigenvalue weighted by Crippen LogP contribution is -2.34. The smallest absolute Gasteiger partial charge is 0.224 e. The number of carbonyl (C=O) groups is 1. The van der Waals surface area contributed by atoms with Crippen molar-refractivity contribution in [2.75, 3.05) is 13.6 Å². The Hall–Kier alpha value is -1.35. The van der Waals surface area contributed by atoms with Gasteiger partial charge in [-0.05, 0) is 5.56 Å². The van der Waals surface area contributed by atoms with Crippen LogP contribution in [0, 0.1) is 5.92 Å². The number of rotatable bonds is 4. The molecule has 0 bridgehead atoms. The predicted molar refractivity (Wildman–Crippen MR) is 63.9 cm³/mol. The molecule has 0 radical (unpaired) electrons. The quantitative estimate of drug-likeness (QED) is 0.842. The third kappa shape index (κ3) is 3.35. The Morgan fingerprint density at radius 1 is 1.31 bits per heavy atom. The maximum atomic E-state index is 11.6. The molecule has 0 aromatic heterocycles. The summed E-state index contributed by atoms with van der Waals surface area (Å²) in [5, 5.41) is 9.93. The zero-order valence-electron chi connectivity index (χ0n) is 10.1. The van der Waals surface area contributed by atoms with E-state index in [1.165, 1.54) is 0 Å². The summed E-state index contributed by atoms with van der Waals surface area (Å²) in [5.74, 6) is 0.0166. The minimum atomic E-state index is -0.617. The number of likely N-dealkylation sites (N-methyl/N-ethyl adjacent to an activating group) is 1. The molecule has 88 valence electrons. The second kappa shape index (κ2) is 5.66. The first-order valence-electron chi connectivity index (χ1n) is 5.50. The lowest BCUT2D eigenvalue weighted by molar-refractivity contribution is -0.134. The minimum absolute atomic E-state index is 0.0343. The average molecular weight is 221 g/mol. The van der Waals surface area contributed by atoms with Crippen molar-refractivity contribution in [3.8, 4) is 0 Å². The van der Waals surface area contributed by atoms with E-state index in [0.717, 1.165) is 5.56 Å². The van der Waals surface area contributed by atoms with Gasteiger partial charge >= 0.3 is 0 Å². The summed E-state index contributed by atoms with van der Waals surface area (Å²) >= 11 is 0. The molecule has 3 nitrogen and oxygen atoms in total. The van der Waals surface area contributed by atoms with E-state index < -0.39 is 6.10 Å². The van der Waals surface area contributed by atoms with Crippen molar-refractivity contribution in [2.24, 2.45) is 5.92 Å². The van der Waals surface area contributed by atoms with Gasteiger partial charge in [-0.15, -0.1) is 0 Å². The molecule has 0 aliphatic carbocycles. The number of aliphatic hydroxyl groups is 1. The Kier molecular flexibility index (Phi) is 4.50. The van der Waals surface area contributed by atoms with E-state index in [2.05, 4.69) is 0 Å². The van der Waals surface area contributed by atoms with Crippen LogP contribution in [-0.4, -0.2) is 29.5 Å². The summed E-state index contributed by atoms with van der Waals surface area (Å²) in [7, 11) is 1.72. The molecular formula is C13H19NO2. The van der Waals surface area contributed by atoms with Gasteiger partial charge in [0.05, 0.1) is 12.6 Å². The van der Waals surface area contributed by atoms with Crippen LogP contribution >= 0.6 is 0 Å². The molecule has 0 unspecified atom stereocenters. The van der Waals surface area contributed by atoms with E-state index in [9.17, 15) is 9.90 Å². The number of hydrogen-bond acceptors (Lipinski definition) is 2. The monoisotopic (exact) mass is 221 g/mol. The van der Waals surface area contributed by atoms with Gasteiger partial charge in [-0.25, -0.2) is 0 Å². The molecule has 1 atom stereocenters. The van der Waals surface area contributed by atoms with E-state index in [-0.39, 0.29) is 11.8 Å². The molecule has 0 saturated carbocycles. The van der Waals surface area contributed by atoms with Crippen LogP contribution in [0.2, 0.25) is 0 Å². The molecule has 1 aromatic carbocycles. The second-order valence-electron chi connectivity index (χ2n) is 4.30. The van der Waals surface area contributed by atoms with Crippen molar-refractivity contribution in [3.05, 3.63) is 35.9 Å². The van der Waals surface area contributed by atoms with Crippen LogP contribution in [0.15, 0.2) is 30.3 Å². The van der Waals surface area contributed by atoms with Crippen molar-refractivity contribution in [1.82, 2.24) is 4.90 Å². The summed E-state index contributed by atoms with van der Waals surface area (Å²) in [4.78, 5) is 13.2. The number of carbonyl (C=O) groups excluding carboxylic acids is 1. The van der Waals surface area contributed by atoms with E-state index in [4.69, 9.17) is 0 Å². The first-order valence-corrected chi connectivity index (χ1v) is 5.50. The summed E-state index contributed by atoms with van der Waals surface area (Å²) in [6, 6.07) is 9.38. The van der Waals surface area contributed by atoms with Crippen LogP contribution in [0.4, 0.5) is 0 Å². The van der Waals surface area contributed by atoms with Gasteiger partial charge in [-0.3, -0.25) is 4.79 Å². The lowest BCUT2D eigenvalue weighted by atomic mass is 10.1. The van der Waals surface area contributed by atoms with E-state index >= 15 is 0 Å². The van der Waals surface area contributed by atoms with Crippen molar-refractivity contribution >= 4 is 5.91 Å². The molecule has 0 spiro atoms. The summed E-state index contributed by atoms with van der Waals surface area (Å²) in [6.45, 7) is 4.04. The highest BCUT2D eigenvalue weighted by atomic mass is 16.3. The van der Waals surface area contributed by atoms with Gasteiger partial charge in [0.25, 0.3) is 0 Å². The Bertz CT molecular complexity index is 335. The number of hydrogen-bond donors (Lipinski definition) is 1. The van der Waals surface area contributed by atoms with Gasteiger partial charge in [0, 0.05) is 13.0 Å². The van der Waals surface area contributed by atoms with Crippen LogP contribution in [0.1, 0.15) is 25.5 Å². The highest BCUT2D eigenvalue weighted by Gasteiger charge is 2.17. The Balaban J connectivity index is 2.58. The molecular weight excluding hydrogens is 202 g/mol. The maximum Gasteiger partial charge on any atom is 0.224 e. The van der Waals surface area contributed by atoms with Crippen LogP contribution < -0.4 is 0 Å². The number of nitrogens with zero attached hydrogens (tertiary/aromatic N) is 1. The van der Waals surface area contributed by atoms with Crippen LogP contribution in [0.3, 0.4) is 0 Å². The molecule has 16 heavy (non-hydrogen) atoms. The standard InChI is InChI=1S/C13H19NO2/c1-10(2)13(16)14(3)9-12(15)11-7-5-4-6-8-11/h4-8,10,12,15H,9H2,1-3H3/t12-/m1/s1. The van der Waals surface area contributed by atoms with Crippen molar-refractivity contribution in [1.29, 1.82) is 0 Å². The average Bonchev–Trinajstić information content (AvgIpc) is 2.28. The highest BCUT2D eigenvalue weighted by Crippen LogP contribution is 2.13. The Morgan fingerprint density at radius 2 is 1.88 bits per heavy atom. The topological polar surface area (TPSA) is 40.5 Å². The lowest BCUT2D eigenvalue weighted by Gasteiger charge is -2.22. The van der Waals surface area contributed by atoms with Crippen LogP contribution in [-0.2, 0) is 4.79 Å². The van der Waals surface area contributed by atoms with E-state index in [0.29, 0.717) is 6.54 Å². The van der Waals surface area contributed by atoms with E-state index in [1.807, 2.05) is 44.2 Å². The second-order valence-corrected chi connectivity index (χ2v) is 4.30. The highest BCUT2D eigenvalue weighted by molar-refractivity contribution is 5.77. The molecule has 3 heteroatoms. The number of benzene rings is 1. The van der Waals surface area contributed by atoms with Gasteiger partial charge in [0.15, 0.2) is 0 Å². The van der Waals surface area contributed by atoms with Gasteiger partial charge in [-0.2, -0.15) is 0 Å². The zero-order chi connectivity index (χ0) is 12.1. The fourth-order valence-corrected chi connectivity index (χ4v) is 1.57. The van der Waals surface area contributed by atoms with Crippen molar-refractivity contribution in [2.45, 2.75) is 20.0 Å². The normalized spacial score (nSPS) is 12.6. The first kappa shape index (κ1) is 12.7. The first-order chi connectivity index (χ1) is 7.52. The molecule has 0 saturated heterocycles. The predicted octanol–water partition coefficient (Wildman–Crippen LogP) is 1.83. The third-order valence-corrected chi connectivity index (χ3v) is 2.50. The summed E-state index contributed by atoms with van der Waals surface area (Å²) < 4.78 is 0. The molecule has 1 N–H and O–H groups in total. The molecule has 1 amide bonds. The van der Waals surface area contributed by atoms with Crippen LogP contribution in [0.25, 0.3) is 0 Å². The van der Waals surface area contributed by atoms with E-state index in [1.54, 1.807) is 11.9 Å². The van der Waals surface area contributed by atoms with Crippen molar-refractivity contribution in [3.63, 3.8) is 0 Å². The third-order valence-electron chi connectivity index (χ3n) is 2.50. The zero-order valence-corrected chi connectivity index (χ0v) is 10.1. The van der Waals surface area contributed by atoms with Gasteiger partial charge < -0.3 is 10.0 Å². The van der Waals surface area contributed by atoms with Gasteiger partial charge in [-0.1, -0.05) is 44.2 Å². The Labute approximate surface area is 96.7 Å². The number of amides is 1. The van der Waals surface area contributed by atoms with Crippen molar-refractivity contribution < 1.29 is 9.90 Å². The maximum absolute atomic E-state index is 11.6. The SMILES string of the molecule is CC(C)C(=O)N(C)C[C@@H](O)c1ccccc1. The Morgan fingerprint density at radius 3 is 2.38 bits per heavy atom. The fraction of sp³-hybridized carbons (Fsp3) is 0.462. The summed E-state index contributed by atoms with van der Waals surface area (Å²) in [6.07, 6.45) is -0.617. The molecule has 1 rings (SSSR count). The van der Waals surface area contributed by atoms with Gasteiger partial charge in [0.1, 0.15) is 0 Å². The molecule has 0 fully saturated rings. The summed E-state index contributed by atoms with van der Waals surface area (Å²) in [5.41, 5.74) is 0.839. The van der Waals surface area contributed by atoms with Crippen LogP contribution in [0.5, 0.6) is 0 Å². The largest absolute Gasteiger partial charge is 0.387 e. The molecule has 0 heterocycles. The number of aliphatic hydroxyl groups excluding tert-OH is 1. The molecule has 0 aliphatic heterocycles.